The molecule has 3 aromatic rings. The molecule has 40 heavy (non-hydrogen) atoms. The van der Waals surface area contributed by atoms with E-state index in [0.717, 1.165) is 43.7 Å². The minimum Gasteiger partial charge on any atom is -0.352 e. The Balaban J connectivity index is 2.08. The zero-order chi connectivity index (χ0) is 29.4. The number of aryl methyl sites for hydroxylation is 2. The van der Waals surface area contributed by atoms with E-state index in [9.17, 15) is 18.0 Å². The Labute approximate surface area is 246 Å². The molecule has 2 unspecified atom stereocenters. The Hall–Kier alpha value is -3.17. The molecule has 2 atom stereocenters. The Bertz CT molecular complexity index is 1410. The molecule has 214 valence electrons. The summed E-state index contributed by atoms with van der Waals surface area (Å²) in [4.78, 5) is 29.4. The van der Waals surface area contributed by atoms with Crippen LogP contribution in [0.4, 0.5) is 5.69 Å². The second kappa shape index (κ2) is 13.9. The minimum absolute atomic E-state index is 0.0867. The van der Waals surface area contributed by atoms with E-state index < -0.39 is 28.5 Å². The lowest BCUT2D eigenvalue weighted by molar-refractivity contribution is -0.140. The van der Waals surface area contributed by atoms with Crippen LogP contribution in [0.2, 0.25) is 0 Å². The van der Waals surface area contributed by atoms with Gasteiger partial charge in [0.15, 0.2) is 0 Å². The SMILES string of the molecule is CCC(C)NC(=O)C(Cc1ccccc1)N(Cc1cccc(Br)c1)C(=O)CN(c1cc(C)cc(C)c1)S(C)(=O)=O. The number of hydrogen-bond acceptors (Lipinski definition) is 4. The highest BCUT2D eigenvalue weighted by molar-refractivity contribution is 9.10. The fourth-order valence-electron chi connectivity index (χ4n) is 4.54. The molecule has 9 heteroatoms. The molecule has 3 rings (SSSR count). The predicted octanol–water partition coefficient (Wildman–Crippen LogP) is 5.39. The third kappa shape index (κ3) is 8.93. The van der Waals surface area contributed by atoms with Gasteiger partial charge in [0.25, 0.3) is 0 Å². The monoisotopic (exact) mass is 627 g/mol. The Morgan fingerprint density at radius 3 is 2.12 bits per heavy atom. The molecule has 0 heterocycles. The summed E-state index contributed by atoms with van der Waals surface area (Å²) in [7, 11) is -3.81. The molecular weight excluding hydrogens is 590 g/mol. The Kier molecular flexibility index (Phi) is 10.9. The first-order valence-electron chi connectivity index (χ1n) is 13.3. The molecule has 0 bridgehead atoms. The smallest absolute Gasteiger partial charge is 0.244 e. The largest absolute Gasteiger partial charge is 0.352 e. The second-order valence-corrected chi connectivity index (χ2v) is 13.1. The van der Waals surface area contributed by atoms with Crippen molar-refractivity contribution in [3.63, 3.8) is 0 Å². The highest BCUT2D eigenvalue weighted by Crippen LogP contribution is 2.23. The molecule has 3 aromatic carbocycles. The first-order chi connectivity index (χ1) is 18.9. The van der Waals surface area contributed by atoms with Crippen molar-refractivity contribution in [2.45, 2.75) is 59.2 Å². The molecule has 7 nitrogen and oxygen atoms in total. The Morgan fingerprint density at radius 1 is 0.925 bits per heavy atom. The fourth-order valence-corrected chi connectivity index (χ4v) is 5.82. The van der Waals surface area contributed by atoms with E-state index >= 15 is 0 Å². The van der Waals surface area contributed by atoms with Crippen molar-refractivity contribution >= 4 is 43.5 Å². The molecule has 0 fully saturated rings. The number of nitrogens with zero attached hydrogens (tertiary/aromatic N) is 2. The van der Waals surface area contributed by atoms with E-state index in [2.05, 4.69) is 21.2 Å². The summed E-state index contributed by atoms with van der Waals surface area (Å²) in [6.45, 7) is 7.37. The van der Waals surface area contributed by atoms with Crippen LogP contribution in [0.15, 0.2) is 77.3 Å². The summed E-state index contributed by atoms with van der Waals surface area (Å²) < 4.78 is 27.9. The summed E-state index contributed by atoms with van der Waals surface area (Å²) in [5, 5.41) is 3.04. The molecule has 0 saturated carbocycles. The fraction of sp³-hybridized carbons (Fsp3) is 0.355. The highest BCUT2D eigenvalue weighted by atomic mass is 79.9. The van der Waals surface area contributed by atoms with Gasteiger partial charge in [0, 0.05) is 23.5 Å². The van der Waals surface area contributed by atoms with Crippen LogP contribution in [0.25, 0.3) is 0 Å². The van der Waals surface area contributed by atoms with Crippen LogP contribution in [-0.2, 0) is 32.6 Å². The molecule has 0 aliphatic rings. The lowest BCUT2D eigenvalue weighted by Gasteiger charge is -2.34. The van der Waals surface area contributed by atoms with Gasteiger partial charge in [-0.1, -0.05) is 71.4 Å². The molecule has 0 aromatic heterocycles. The average molecular weight is 629 g/mol. The van der Waals surface area contributed by atoms with Gasteiger partial charge < -0.3 is 10.2 Å². The van der Waals surface area contributed by atoms with E-state index in [1.54, 1.807) is 12.1 Å². The summed E-state index contributed by atoms with van der Waals surface area (Å²) in [5.74, 6) is -0.747. The van der Waals surface area contributed by atoms with E-state index in [4.69, 9.17) is 0 Å². The second-order valence-electron chi connectivity index (χ2n) is 10.3. The van der Waals surface area contributed by atoms with E-state index in [-0.39, 0.29) is 24.9 Å². The standard InChI is InChI=1S/C31H38BrN3O4S/c1-6-24(4)33-31(37)29(19-25-11-8-7-9-12-25)34(20-26-13-10-14-27(32)18-26)30(36)21-35(40(5,38)39)28-16-22(2)15-23(3)17-28/h7-18,24,29H,6,19-21H2,1-5H3,(H,33,37). The number of hydrogen-bond donors (Lipinski definition) is 1. The van der Waals surface area contributed by atoms with Gasteiger partial charge >= 0.3 is 0 Å². The number of amides is 2. The normalized spacial score (nSPS) is 12.8. The molecule has 1 N–H and O–H groups in total. The van der Waals surface area contributed by atoms with Crippen molar-refractivity contribution in [2.75, 3.05) is 17.1 Å². The Morgan fingerprint density at radius 2 is 1.55 bits per heavy atom. The van der Waals surface area contributed by atoms with E-state index in [0.29, 0.717) is 5.69 Å². The summed E-state index contributed by atoms with van der Waals surface area (Å²) in [6.07, 6.45) is 2.11. The van der Waals surface area contributed by atoms with Gasteiger partial charge in [0.1, 0.15) is 12.6 Å². The maximum atomic E-state index is 14.2. The number of carbonyl (C=O) groups excluding carboxylic acids is 2. The highest BCUT2D eigenvalue weighted by Gasteiger charge is 2.33. The lowest BCUT2D eigenvalue weighted by Crippen LogP contribution is -2.54. The zero-order valence-corrected chi connectivity index (χ0v) is 26.1. The zero-order valence-electron chi connectivity index (χ0n) is 23.7. The van der Waals surface area contributed by atoms with Crippen molar-refractivity contribution in [1.82, 2.24) is 10.2 Å². The van der Waals surface area contributed by atoms with Gasteiger partial charge in [-0.2, -0.15) is 0 Å². The maximum Gasteiger partial charge on any atom is 0.244 e. The van der Waals surface area contributed by atoms with Gasteiger partial charge in [-0.25, -0.2) is 8.42 Å². The summed E-state index contributed by atoms with van der Waals surface area (Å²) in [6, 6.07) is 21.6. The number of carbonyl (C=O) groups is 2. The van der Waals surface area contributed by atoms with Crippen LogP contribution in [0, 0.1) is 13.8 Å². The van der Waals surface area contributed by atoms with Crippen LogP contribution in [0.1, 0.15) is 42.5 Å². The quantitative estimate of drug-likeness (QED) is 0.292. The van der Waals surface area contributed by atoms with Crippen LogP contribution in [-0.4, -0.2) is 50.0 Å². The van der Waals surface area contributed by atoms with E-state index in [1.807, 2.05) is 88.4 Å². The maximum absolute atomic E-state index is 14.2. The minimum atomic E-state index is -3.81. The van der Waals surface area contributed by atoms with Crippen LogP contribution < -0.4 is 9.62 Å². The summed E-state index contributed by atoms with van der Waals surface area (Å²) >= 11 is 3.49. The van der Waals surface area contributed by atoms with Crippen molar-refractivity contribution < 1.29 is 18.0 Å². The third-order valence-corrected chi connectivity index (χ3v) is 8.32. The van der Waals surface area contributed by atoms with Crippen molar-refractivity contribution in [1.29, 1.82) is 0 Å². The van der Waals surface area contributed by atoms with Crippen LogP contribution in [0.3, 0.4) is 0 Å². The van der Waals surface area contributed by atoms with Crippen LogP contribution in [0.5, 0.6) is 0 Å². The molecule has 0 saturated heterocycles. The van der Waals surface area contributed by atoms with Gasteiger partial charge in [-0.15, -0.1) is 0 Å². The molecule has 0 radical (unpaired) electrons. The predicted molar refractivity (Wildman–Crippen MR) is 165 cm³/mol. The van der Waals surface area contributed by atoms with Gasteiger partial charge in [-0.05, 0) is 73.7 Å². The lowest BCUT2D eigenvalue weighted by atomic mass is 10.0. The van der Waals surface area contributed by atoms with Crippen LogP contribution >= 0.6 is 15.9 Å². The molecule has 0 aliphatic carbocycles. The number of rotatable bonds is 12. The van der Waals surface area contributed by atoms with Crippen molar-refractivity contribution in [3.05, 3.63) is 99.5 Å². The molecule has 2 amide bonds. The first-order valence-corrected chi connectivity index (χ1v) is 16.0. The topological polar surface area (TPSA) is 86.8 Å². The van der Waals surface area contributed by atoms with E-state index in [1.165, 1.54) is 4.90 Å². The third-order valence-electron chi connectivity index (χ3n) is 6.69. The number of sulfonamides is 1. The molecular formula is C31H38BrN3O4S. The average Bonchev–Trinajstić information content (AvgIpc) is 2.88. The van der Waals surface area contributed by atoms with Gasteiger partial charge in [0.2, 0.25) is 21.8 Å². The van der Waals surface area contributed by atoms with Gasteiger partial charge in [-0.3, -0.25) is 13.9 Å². The number of halogens is 1. The summed E-state index contributed by atoms with van der Waals surface area (Å²) in [5.41, 5.74) is 3.90. The van der Waals surface area contributed by atoms with Crippen molar-refractivity contribution in [3.8, 4) is 0 Å². The number of nitrogens with one attached hydrogen (secondary N) is 1. The number of benzene rings is 3. The number of anilines is 1. The molecule has 0 aliphatic heterocycles. The first kappa shape index (κ1) is 31.4. The van der Waals surface area contributed by atoms with Crippen molar-refractivity contribution in [2.24, 2.45) is 0 Å². The van der Waals surface area contributed by atoms with Gasteiger partial charge in [0.05, 0.1) is 11.9 Å². The molecule has 0 spiro atoms.